The lowest BCUT2D eigenvalue weighted by molar-refractivity contribution is -0.216. The van der Waals surface area contributed by atoms with Gasteiger partial charge in [0.1, 0.15) is 18.0 Å². The molecule has 4 aliphatic rings. The average molecular weight is 585 g/mol. The van der Waals surface area contributed by atoms with Gasteiger partial charge in [-0.1, -0.05) is 36.4 Å². The fourth-order valence-electron chi connectivity index (χ4n) is 6.21. The zero-order valence-electron chi connectivity index (χ0n) is 22.3. The Morgan fingerprint density at radius 1 is 0.952 bits per heavy atom. The summed E-state index contributed by atoms with van der Waals surface area (Å²) >= 11 is 0. The van der Waals surface area contributed by atoms with Crippen LogP contribution in [0.2, 0.25) is 0 Å². The van der Waals surface area contributed by atoms with Crippen molar-refractivity contribution >= 4 is 23.7 Å². The van der Waals surface area contributed by atoms with Crippen LogP contribution in [-0.2, 0) is 23.1 Å². The SMILES string of the molecule is O=C(Nc1cn(C23CC(N4CCN(C(=O)OCc5ccccc5)CC4)(C2)C3)nc1C(=O)O)c1cccc(C(F)(F)F)n1. The maximum atomic E-state index is 13.0. The first kappa shape index (κ1) is 27.7. The van der Waals surface area contributed by atoms with Gasteiger partial charge in [0.2, 0.25) is 0 Å². The number of nitrogens with zero attached hydrogens (tertiary/aromatic N) is 5. The molecule has 14 heteroatoms. The molecule has 2 amide bonds. The Kier molecular flexibility index (Phi) is 6.67. The summed E-state index contributed by atoms with van der Waals surface area (Å²) in [6, 6.07) is 12.4. The highest BCUT2D eigenvalue weighted by atomic mass is 19.4. The third-order valence-corrected chi connectivity index (χ3v) is 8.31. The number of aromatic nitrogens is 3. The Bertz CT molecular complexity index is 1510. The van der Waals surface area contributed by atoms with Crippen molar-refractivity contribution in [1.82, 2.24) is 24.6 Å². The number of nitrogens with one attached hydrogen (secondary N) is 1. The molecule has 42 heavy (non-hydrogen) atoms. The molecule has 7 rings (SSSR count). The number of hydrogen-bond donors (Lipinski definition) is 2. The van der Waals surface area contributed by atoms with E-state index in [1.807, 2.05) is 30.3 Å². The number of anilines is 1. The van der Waals surface area contributed by atoms with Crippen LogP contribution in [0.4, 0.5) is 23.7 Å². The van der Waals surface area contributed by atoms with Gasteiger partial charge in [0, 0.05) is 31.7 Å². The molecular formula is C28H27F3N6O5. The summed E-state index contributed by atoms with van der Waals surface area (Å²) in [6.45, 7) is 2.65. The highest BCUT2D eigenvalue weighted by Crippen LogP contribution is 2.68. The number of carboxylic acids is 1. The van der Waals surface area contributed by atoms with Crippen LogP contribution < -0.4 is 5.32 Å². The summed E-state index contributed by atoms with van der Waals surface area (Å²) in [5.41, 5.74) is -1.81. The molecule has 2 bridgehead atoms. The maximum Gasteiger partial charge on any atom is 0.433 e. The number of benzene rings is 1. The predicted octanol–water partition coefficient (Wildman–Crippen LogP) is 3.83. The van der Waals surface area contributed by atoms with E-state index in [9.17, 15) is 32.7 Å². The topological polar surface area (TPSA) is 130 Å². The van der Waals surface area contributed by atoms with Crippen LogP contribution in [0.3, 0.4) is 0 Å². The van der Waals surface area contributed by atoms with Crippen molar-refractivity contribution in [3.05, 3.63) is 77.4 Å². The van der Waals surface area contributed by atoms with Crippen LogP contribution >= 0.6 is 0 Å². The Balaban J connectivity index is 1.06. The molecule has 1 aromatic carbocycles. The minimum Gasteiger partial charge on any atom is -0.476 e. The van der Waals surface area contributed by atoms with Gasteiger partial charge in [-0.15, -0.1) is 0 Å². The molecule has 1 saturated heterocycles. The minimum absolute atomic E-state index is 0.0687. The van der Waals surface area contributed by atoms with Crippen LogP contribution in [0.5, 0.6) is 0 Å². The van der Waals surface area contributed by atoms with E-state index in [4.69, 9.17) is 4.74 Å². The summed E-state index contributed by atoms with van der Waals surface area (Å²) in [5.74, 6) is -2.35. The molecular weight excluding hydrogens is 557 g/mol. The molecule has 3 aliphatic carbocycles. The number of hydrogen-bond acceptors (Lipinski definition) is 7. The van der Waals surface area contributed by atoms with Crippen molar-refractivity contribution in [2.75, 3.05) is 31.5 Å². The monoisotopic (exact) mass is 584 g/mol. The summed E-state index contributed by atoms with van der Waals surface area (Å²) < 4.78 is 46.0. The van der Waals surface area contributed by atoms with Crippen LogP contribution in [0, 0.1) is 0 Å². The minimum atomic E-state index is -4.73. The number of piperazine rings is 1. The van der Waals surface area contributed by atoms with Gasteiger partial charge < -0.3 is 20.1 Å². The van der Waals surface area contributed by atoms with E-state index < -0.39 is 40.7 Å². The zero-order valence-corrected chi connectivity index (χ0v) is 22.3. The lowest BCUT2D eigenvalue weighted by Crippen LogP contribution is -2.80. The van der Waals surface area contributed by atoms with E-state index in [2.05, 4.69) is 20.3 Å². The van der Waals surface area contributed by atoms with E-state index in [0.29, 0.717) is 26.2 Å². The van der Waals surface area contributed by atoms with Crippen molar-refractivity contribution in [2.45, 2.75) is 43.1 Å². The van der Waals surface area contributed by atoms with Gasteiger partial charge in [-0.05, 0) is 37.0 Å². The van der Waals surface area contributed by atoms with Crippen molar-refractivity contribution in [2.24, 2.45) is 0 Å². The van der Waals surface area contributed by atoms with E-state index in [1.165, 1.54) is 6.20 Å². The van der Waals surface area contributed by atoms with E-state index in [0.717, 1.165) is 43.0 Å². The van der Waals surface area contributed by atoms with Crippen LogP contribution in [0.15, 0.2) is 54.7 Å². The molecule has 3 heterocycles. The summed E-state index contributed by atoms with van der Waals surface area (Å²) in [4.78, 5) is 44.4. The van der Waals surface area contributed by atoms with Crippen molar-refractivity contribution in [3.63, 3.8) is 0 Å². The Hall–Kier alpha value is -4.46. The van der Waals surface area contributed by atoms with Gasteiger partial charge in [0.05, 0.1) is 17.4 Å². The van der Waals surface area contributed by atoms with Crippen LogP contribution in [-0.4, -0.2) is 79.4 Å². The summed E-state index contributed by atoms with van der Waals surface area (Å²) in [5, 5.41) is 16.2. The number of pyridine rings is 1. The fourth-order valence-corrected chi connectivity index (χ4v) is 6.21. The normalized spacial score (nSPS) is 23.5. The molecule has 2 N–H and O–H groups in total. The molecule has 0 unspecified atom stereocenters. The molecule has 220 valence electrons. The Labute approximate surface area is 237 Å². The molecule has 1 aliphatic heterocycles. The Morgan fingerprint density at radius 3 is 2.29 bits per heavy atom. The Morgan fingerprint density at radius 2 is 1.64 bits per heavy atom. The number of ether oxygens (including phenoxy) is 1. The molecule has 3 saturated carbocycles. The lowest BCUT2D eigenvalue weighted by Gasteiger charge is -2.74. The first-order valence-corrected chi connectivity index (χ1v) is 13.4. The molecule has 0 atom stereocenters. The van der Waals surface area contributed by atoms with E-state index in [1.54, 1.807) is 9.58 Å². The van der Waals surface area contributed by atoms with Gasteiger partial charge in [-0.25, -0.2) is 14.6 Å². The first-order valence-electron chi connectivity index (χ1n) is 13.4. The average Bonchev–Trinajstić information content (AvgIpc) is 3.34. The number of carboxylic acid groups (broad SMARTS) is 1. The highest BCUT2D eigenvalue weighted by molar-refractivity contribution is 6.06. The van der Waals surface area contributed by atoms with Crippen molar-refractivity contribution in [3.8, 4) is 0 Å². The second-order valence-electron chi connectivity index (χ2n) is 11.0. The number of alkyl halides is 3. The van der Waals surface area contributed by atoms with Crippen LogP contribution in [0.1, 0.15) is 51.5 Å². The molecule has 2 aromatic heterocycles. The standard InChI is InChI=1S/C28H27F3N6O5/c29-28(30,31)21-8-4-7-19(32-21)23(38)33-20-13-37(34-22(20)24(39)40)27-15-26(16-27,17-27)36-11-9-35(10-12-36)25(41)42-14-18-5-2-1-3-6-18/h1-8,13H,9-12,14-17H2,(H,33,38)(H,39,40). The van der Waals surface area contributed by atoms with Gasteiger partial charge in [-0.2, -0.15) is 18.3 Å². The second-order valence-corrected chi connectivity index (χ2v) is 11.0. The number of carbonyl (C=O) groups is 3. The lowest BCUT2D eigenvalue weighted by atomic mass is 9.43. The molecule has 0 spiro atoms. The van der Waals surface area contributed by atoms with Crippen molar-refractivity contribution < 1.29 is 37.4 Å². The molecule has 11 nitrogen and oxygen atoms in total. The summed E-state index contributed by atoms with van der Waals surface area (Å²) in [7, 11) is 0. The third kappa shape index (κ3) is 4.95. The van der Waals surface area contributed by atoms with Gasteiger partial charge in [-0.3, -0.25) is 14.4 Å². The maximum absolute atomic E-state index is 13.0. The predicted molar refractivity (Wildman–Crippen MR) is 141 cm³/mol. The number of carbonyl (C=O) groups excluding carboxylic acids is 2. The van der Waals surface area contributed by atoms with E-state index in [-0.39, 0.29) is 23.9 Å². The van der Waals surface area contributed by atoms with Crippen LogP contribution in [0.25, 0.3) is 0 Å². The van der Waals surface area contributed by atoms with Gasteiger partial charge in [0.25, 0.3) is 5.91 Å². The van der Waals surface area contributed by atoms with E-state index >= 15 is 0 Å². The highest BCUT2D eigenvalue weighted by Gasteiger charge is 2.72. The number of amides is 2. The second kappa shape index (κ2) is 10.1. The molecule has 4 fully saturated rings. The third-order valence-electron chi connectivity index (χ3n) is 8.31. The number of halogens is 3. The number of rotatable bonds is 7. The zero-order chi connectivity index (χ0) is 29.7. The largest absolute Gasteiger partial charge is 0.476 e. The number of aromatic carboxylic acids is 1. The quantitative estimate of drug-likeness (QED) is 0.429. The smallest absolute Gasteiger partial charge is 0.433 e. The van der Waals surface area contributed by atoms with Gasteiger partial charge >= 0.3 is 18.2 Å². The van der Waals surface area contributed by atoms with Gasteiger partial charge in [0.15, 0.2) is 5.69 Å². The van der Waals surface area contributed by atoms with Crippen molar-refractivity contribution in [1.29, 1.82) is 0 Å². The molecule has 0 radical (unpaired) electrons. The summed E-state index contributed by atoms with van der Waals surface area (Å²) in [6.07, 6.45) is -1.49. The first-order chi connectivity index (χ1) is 20.0. The molecule has 3 aromatic rings. The fraction of sp³-hybridized carbons (Fsp3) is 0.393.